The second-order valence-corrected chi connectivity index (χ2v) is 16.1. The molecule has 7 heteroatoms. The number of allylic oxidation sites excluding steroid dienone is 3. The van der Waals surface area contributed by atoms with Crippen LogP contribution in [0.15, 0.2) is 47.1 Å². The third-order valence-electron chi connectivity index (χ3n) is 14.7. The van der Waals surface area contributed by atoms with Crippen LogP contribution in [-0.4, -0.2) is 61.3 Å². The predicted molar refractivity (Wildman–Crippen MR) is 191 cm³/mol. The number of hydrogen-bond donors (Lipinski definition) is 0. The van der Waals surface area contributed by atoms with E-state index in [0.29, 0.717) is 0 Å². The number of carbonyl (C=O) groups is 3. The number of esters is 3. The molecule has 0 amide bonds. The van der Waals surface area contributed by atoms with Gasteiger partial charge < -0.3 is 14.2 Å². The van der Waals surface area contributed by atoms with Crippen LogP contribution in [0.4, 0.5) is 0 Å². The van der Waals surface area contributed by atoms with Crippen LogP contribution < -0.4 is 0 Å². The summed E-state index contributed by atoms with van der Waals surface area (Å²) < 4.78 is 17.8. The quantitative estimate of drug-likeness (QED) is 0.110. The molecule has 0 bridgehead atoms. The third-order valence-corrected chi connectivity index (χ3v) is 14.7. The van der Waals surface area contributed by atoms with Crippen molar-refractivity contribution < 1.29 is 28.6 Å². The van der Waals surface area contributed by atoms with Crippen LogP contribution in [0.1, 0.15) is 84.0 Å². The molecule has 1 saturated heterocycles. The van der Waals surface area contributed by atoms with Gasteiger partial charge in [-0.1, -0.05) is 47.6 Å². The van der Waals surface area contributed by atoms with Crippen molar-refractivity contribution in [1.29, 1.82) is 0 Å². The zero-order chi connectivity index (χ0) is 34.0. The Morgan fingerprint density at radius 2 is 1.55 bits per heavy atom. The number of aryl methyl sites for hydroxylation is 1. The molecule has 252 valence electrons. The summed E-state index contributed by atoms with van der Waals surface area (Å²) in [7, 11) is 0. The van der Waals surface area contributed by atoms with Gasteiger partial charge in [0.1, 0.15) is 12.1 Å². The molecule has 51 heavy (non-hydrogen) atoms. The maximum atomic E-state index is 15.2. The summed E-state index contributed by atoms with van der Waals surface area (Å²) in [5, 5.41) is 8.05. The van der Waals surface area contributed by atoms with Gasteiger partial charge in [-0.25, -0.2) is 0 Å². The minimum absolute atomic E-state index is 0.0388. The highest BCUT2D eigenvalue weighted by molar-refractivity contribution is 6.31. The van der Waals surface area contributed by atoms with Crippen molar-refractivity contribution in [1.82, 2.24) is 4.90 Å². The molecule has 2 fully saturated rings. The predicted octanol–water partition coefficient (Wildman–Crippen LogP) is 6.55. The van der Waals surface area contributed by atoms with Gasteiger partial charge in [-0.15, -0.1) is 0 Å². The Labute approximate surface area is 293 Å². The normalized spacial score (nSPS) is 30.7. The first-order valence-electron chi connectivity index (χ1n) is 18.9. The summed E-state index contributed by atoms with van der Waals surface area (Å²) in [6.45, 7) is 5.88. The molecule has 0 N–H and O–H groups in total. The van der Waals surface area contributed by atoms with Crippen molar-refractivity contribution in [2.24, 2.45) is 11.3 Å². The average Bonchev–Trinajstić information content (AvgIpc) is 3.87. The van der Waals surface area contributed by atoms with E-state index >= 15 is 9.59 Å². The van der Waals surface area contributed by atoms with Crippen LogP contribution in [-0.2, 0) is 46.9 Å². The number of carbonyl (C=O) groups excluding carboxylic acids is 3. The number of hydrogen-bond acceptors (Lipinski definition) is 7. The van der Waals surface area contributed by atoms with E-state index in [-0.39, 0.29) is 50.1 Å². The number of nitrogens with zero attached hydrogens (tertiary/aromatic N) is 1. The lowest BCUT2D eigenvalue weighted by atomic mass is 9.41. The maximum Gasteiger partial charge on any atom is 0.324 e. The van der Waals surface area contributed by atoms with E-state index < -0.39 is 28.9 Å². The lowest BCUT2D eigenvalue weighted by Gasteiger charge is -2.58. The summed E-state index contributed by atoms with van der Waals surface area (Å²) in [6.07, 6.45) is 8.29. The SMILES string of the molecule is CCOC(=O)CN1C(C(=O)OCC)C23C4=C5C=C6CC7=Cc8ccc9cc%10c%11c%12c(cc(c4c%12c2c2c%11c9c8C2C7C63C1C(=O)OCC)CC5)C%10. The minimum Gasteiger partial charge on any atom is -0.465 e. The molecule has 6 atom stereocenters. The fourth-order valence-electron chi connectivity index (χ4n) is 14.1. The molecule has 0 aromatic heterocycles. The Morgan fingerprint density at radius 1 is 0.784 bits per heavy atom. The van der Waals surface area contributed by atoms with Gasteiger partial charge in [-0.3, -0.25) is 19.3 Å². The first kappa shape index (κ1) is 27.9. The number of ether oxygens (including phenoxy) is 3. The number of benzene rings is 4. The summed E-state index contributed by atoms with van der Waals surface area (Å²) in [4.78, 5) is 45.9. The van der Waals surface area contributed by atoms with Gasteiger partial charge >= 0.3 is 17.9 Å². The molecule has 8 aliphatic carbocycles. The monoisotopic (exact) mass is 673 g/mol. The lowest BCUT2D eigenvalue weighted by molar-refractivity contribution is -0.158. The molecule has 0 radical (unpaired) electrons. The topological polar surface area (TPSA) is 82.1 Å². The van der Waals surface area contributed by atoms with Crippen molar-refractivity contribution in [3.05, 3.63) is 91.6 Å². The van der Waals surface area contributed by atoms with Crippen molar-refractivity contribution in [3.8, 4) is 0 Å². The Bertz CT molecular complexity index is 2660. The standard InChI is InChI=1S/C44H35NO6/c1-4-49-26(46)17-45-39(41(47)50-5-2)43-25-15-21-10-9-20-12-23-14-22-11-18-7-8-19-13-24(16-25)37(43)34-28(19)27(18)32-29(22)30(23)33-31(20)36(21)44(43,38(33)35(32)34)40(45)42(48)51-6-3/h7-8,11-13,15,34,37,39-40H,4-6,9-10,14,16-17H2,1-3H3. The second kappa shape index (κ2) is 8.47. The largest absolute Gasteiger partial charge is 0.465 e. The highest BCUT2D eigenvalue weighted by Crippen LogP contribution is 2.85. The Kier molecular flexibility index (Phi) is 4.64. The highest BCUT2D eigenvalue weighted by Gasteiger charge is 2.85. The van der Waals surface area contributed by atoms with E-state index in [9.17, 15) is 4.79 Å². The molecule has 1 aliphatic heterocycles. The van der Waals surface area contributed by atoms with Crippen molar-refractivity contribution in [2.45, 2.75) is 69.9 Å². The molecular weight excluding hydrogens is 638 g/mol. The van der Waals surface area contributed by atoms with Crippen LogP contribution in [0.25, 0.3) is 44.0 Å². The van der Waals surface area contributed by atoms with Crippen molar-refractivity contribution in [2.75, 3.05) is 26.4 Å². The third kappa shape index (κ3) is 2.52. The first-order valence-corrected chi connectivity index (χ1v) is 18.9. The van der Waals surface area contributed by atoms with Crippen molar-refractivity contribution in [3.63, 3.8) is 0 Å². The second-order valence-electron chi connectivity index (χ2n) is 16.1. The molecule has 6 unspecified atom stereocenters. The van der Waals surface area contributed by atoms with Gasteiger partial charge in [0.15, 0.2) is 0 Å². The summed E-state index contributed by atoms with van der Waals surface area (Å²) >= 11 is 0. The Balaban J connectivity index is 1.30. The molecule has 4 aromatic carbocycles. The van der Waals surface area contributed by atoms with Crippen LogP contribution in [0.5, 0.6) is 0 Å². The van der Waals surface area contributed by atoms with Gasteiger partial charge in [0, 0.05) is 17.3 Å². The molecule has 7 nitrogen and oxygen atoms in total. The maximum absolute atomic E-state index is 15.2. The van der Waals surface area contributed by atoms with E-state index in [1.807, 2.05) is 18.7 Å². The van der Waals surface area contributed by atoms with E-state index in [1.165, 1.54) is 99.1 Å². The minimum atomic E-state index is -0.941. The molecule has 1 saturated carbocycles. The summed E-state index contributed by atoms with van der Waals surface area (Å²) in [5.41, 5.74) is 13.9. The molecule has 2 spiro atoms. The Hall–Kier alpha value is -4.75. The lowest BCUT2D eigenvalue weighted by Crippen LogP contribution is -2.61. The van der Waals surface area contributed by atoms with Gasteiger partial charge in [0.05, 0.1) is 31.8 Å². The number of likely N-dealkylation sites (tertiary alicyclic amines) is 1. The van der Waals surface area contributed by atoms with Crippen molar-refractivity contribution >= 4 is 61.9 Å². The van der Waals surface area contributed by atoms with Crippen LogP contribution >= 0.6 is 0 Å². The highest BCUT2D eigenvalue weighted by atomic mass is 16.5. The molecule has 4 aromatic rings. The molecule has 13 rings (SSSR count). The van der Waals surface area contributed by atoms with E-state index in [4.69, 9.17) is 14.2 Å². The van der Waals surface area contributed by atoms with Gasteiger partial charge in [-0.05, 0) is 134 Å². The van der Waals surface area contributed by atoms with Gasteiger partial charge in [0.2, 0.25) is 0 Å². The zero-order valence-electron chi connectivity index (χ0n) is 28.8. The summed E-state index contributed by atoms with van der Waals surface area (Å²) in [5.74, 6) is -1.24. The van der Waals surface area contributed by atoms with E-state index in [2.05, 4.69) is 36.4 Å². The van der Waals surface area contributed by atoms with E-state index in [1.54, 1.807) is 6.92 Å². The summed E-state index contributed by atoms with van der Waals surface area (Å²) in [6, 6.07) is 7.73. The zero-order valence-corrected chi connectivity index (χ0v) is 28.8. The molecule has 9 aliphatic rings. The van der Waals surface area contributed by atoms with Crippen LogP contribution in [0, 0.1) is 11.3 Å². The van der Waals surface area contributed by atoms with Gasteiger partial charge in [-0.2, -0.15) is 0 Å². The average molecular weight is 674 g/mol. The number of rotatable bonds is 7. The first-order chi connectivity index (χ1) is 24.9. The molecular formula is C44H35NO6. The van der Waals surface area contributed by atoms with Crippen LogP contribution in [0.2, 0.25) is 0 Å². The Morgan fingerprint density at radius 3 is 2.35 bits per heavy atom. The van der Waals surface area contributed by atoms with Gasteiger partial charge in [0.25, 0.3) is 0 Å². The smallest absolute Gasteiger partial charge is 0.324 e. The fourth-order valence-corrected chi connectivity index (χ4v) is 14.1. The fraction of sp³-hybridized carbons (Fsp3) is 0.386. The molecule has 1 heterocycles. The van der Waals surface area contributed by atoms with E-state index in [0.717, 1.165) is 25.7 Å². The van der Waals surface area contributed by atoms with Crippen LogP contribution in [0.3, 0.4) is 0 Å².